The average Bonchev–Trinajstić information content (AvgIpc) is 2.47. The number of rotatable bonds is 5. The van der Waals surface area contributed by atoms with Gasteiger partial charge >= 0.3 is 0 Å². The Morgan fingerprint density at radius 1 is 1.00 bits per heavy atom. The molecule has 0 atom stereocenters. The molecule has 1 heterocycles. The predicted octanol–water partition coefficient (Wildman–Crippen LogP) is 2.13. The Bertz CT molecular complexity index is 538. The Morgan fingerprint density at radius 3 is 2.21 bits per heavy atom. The molecule has 0 fully saturated rings. The molecule has 0 saturated carbocycles. The van der Waals surface area contributed by atoms with E-state index in [1.54, 1.807) is 26.4 Å². The Kier molecular flexibility index (Phi) is 4.04. The lowest BCUT2D eigenvalue weighted by Gasteiger charge is -2.10. The molecule has 1 aromatic heterocycles. The quantitative estimate of drug-likeness (QED) is 0.564. The Hall–Kier alpha value is -2.47. The van der Waals surface area contributed by atoms with Crippen LogP contribution in [0.25, 0.3) is 0 Å². The van der Waals surface area contributed by atoms with Gasteiger partial charge in [-0.3, -0.25) is 0 Å². The molecule has 2 aromatic rings. The van der Waals surface area contributed by atoms with Gasteiger partial charge in [0, 0.05) is 23.9 Å². The minimum absolute atomic E-state index is 0.583. The first-order valence-corrected chi connectivity index (χ1v) is 5.69. The number of methoxy groups -OCH3 is 2. The van der Waals surface area contributed by atoms with Crippen molar-refractivity contribution in [3.8, 4) is 11.5 Å². The van der Waals surface area contributed by atoms with E-state index < -0.39 is 0 Å². The molecule has 0 amide bonds. The van der Waals surface area contributed by atoms with Gasteiger partial charge in [-0.2, -0.15) is 0 Å². The lowest BCUT2D eigenvalue weighted by molar-refractivity contribution is 0.395. The second-order valence-corrected chi connectivity index (χ2v) is 3.78. The summed E-state index contributed by atoms with van der Waals surface area (Å²) in [6, 6.07) is 11.0. The van der Waals surface area contributed by atoms with Gasteiger partial charge in [0.1, 0.15) is 23.1 Å². The zero-order chi connectivity index (χ0) is 13.7. The SMILES string of the molecule is COc1cc(Nc2cccc(NN)n2)cc(OC)c1. The molecule has 0 aliphatic carbocycles. The minimum atomic E-state index is 0.583. The number of hydrogen-bond acceptors (Lipinski definition) is 6. The first-order valence-electron chi connectivity index (χ1n) is 5.69. The van der Waals surface area contributed by atoms with Gasteiger partial charge < -0.3 is 20.2 Å². The molecule has 0 radical (unpaired) electrons. The molecule has 0 spiro atoms. The summed E-state index contributed by atoms with van der Waals surface area (Å²) in [6.45, 7) is 0. The molecule has 0 unspecified atom stereocenters. The smallest absolute Gasteiger partial charge is 0.142 e. The van der Waals surface area contributed by atoms with E-state index >= 15 is 0 Å². The Morgan fingerprint density at radius 2 is 1.63 bits per heavy atom. The van der Waals surface area contributed by atoms with Crippen molar-refractivity contribution in [2.75, 3.05) is 25.0 Å². The molecule has 0 aliphatic rings. The van der Waals surface area contributed by atoms with Crippen molar-refractivity contribution >= 4 is 17.3 Å². The standard InChI is InChI=1S/C13H16N4O2/c1-18-10-6-9(7-11(8-10)19-2)15-12-4-3-5-13(16-12)17-14/h3-8H,14H2,1-2H3,(H2,15,16,17). The molecule has 0 saturated heterocycles. The van der Waals surface area contributed by atoms with Gasteiger partial charge in [-0.15, -0.1) is 0 Å². The number of nitrogens with one attached hydrogen (secondary N) is 2. The zero-order valence-electron chi connectivity index (χ0n) is 10.8. The van der Waals surface area contributed by atoms with Crippen LogP contribution in [0.15, 0.2) is 36.4 Å². The van der Waals surface area contributed by atoms with E-state index in [1.165, 1.54) is 0 Å². The van der Waals surface area contributed by atoms with Gasteiger partial charge in [0.15, 0.2) is 0 Å². The highest BCUT2D eigenvalue weighted by atomic mass is 16.5. The zero-order valence-corrected chi connectivity index (χ0v) is 10.8. The molecule has 6 nitrogen and oxygen atoms in total. The Balaban J connectivity index is 2.26. The fourth-order valence-electron chi connectivity index (χ4n) is 1.61. The lowest BCUT2D eigenvalue weighted by Crippen LogP contribution is -2.08. The summed E-state index contributed by atoms with van der Waals surface area (Å²) in [7, 11) is 3.21. The van der Waals surface area contributed by atoms with E-state index in [-0.39, 0.29) is 0 Å². The maximum Gasteiger partial charge on any atom is 0.142 e. The fraction of sp³-hybridized carbons (Fsp3) is 0.154. The van der Waals surface area contributed by atoms with Gasteiger partial charge in [0.25, 0.3) is 0 Å². The summed E-state index contributed by atoms with van der Waals surface area (Å²) >= 11 is 0. The second-order valence-electron chi connectivity index (χ2n) is 3.78. The van der Waals surface area contributed by atoms with Gasteiger partial charge in [-0.05, 0) is 12.1 Å². The van der Waals surface area contributed by atoms with Gasteiger partial charge in [-0.1, -0.05) is 6.07 Å². The van der Waals surface area contributed by atoms with Gasteiger partial charge in [0.05, 0.1) is 14.2 Å². The van der Waals surface area contributed by atoms with Crippen molar-refractivity contribution in [3.63, 3.8) is 0 Å². The summed E-state index contributed by atoms with van der Waals surface area (Å²) < 4.78 is 10.4. The number of ether oxygens (including phenoxy) is 2. The Labute approximate surface area is 111 Å². The van der Waals surface area contributed by atoms with Crippen LogP contribution in [0.5, 0.6) is 11.5 Å². The van der Waals surface area contributed by atoms with E-state index in [0.717, 1.165) is 5.69 Å². The highest BCUT2D eigenvalue weighted by Gasteiger charge is 2.03. The number of anilines is 3. The number of aromatic nitrogens is 1. The van der Waals surface area contributed by atoms with Crippen LogP contribution in [0.4, 0.5) is 17.3 Å². The third-order valence-electron chi connectivity index (χ3n) is 2.52. The number of hydrogen-bond donors (Lipinski definition) is 3. The first-order chi connectivity index (χ1) is 9.25. The minimum Gasteiger partial charge on any atom is -0.497 e. The van der Waals surface area contributed by atoms with E-state index in [1.807, 2.05) is 24.3 Å². The number of benzene rings is 1. The van der Waals surface area contributed by atoms with Gasteiger partial charge in [0.2, 0.25) is 0 Å². The van der Waals surface area contributed by atoms with E-state index in [9.17, 15) is 0 Å². The van der Waals surface area contributed by atoms with Crippen LogP contribution in [0.3, 0.4) is 0 Å². The van der Waals surface area contributed by atoms with Crippen molar-refractivity contribution in [3.05, 3.63) is 36.4 Å². The summed E-state index contributed by atoms with van der Waals surface area (Å²) in [6.07, 6.45) is 0. The molecule has 19 heavy (non-hydrogen) atoms. The highest BCUT2D eigenvalue weighted by Crippen LogP contribution is 2.27. The van der Waals surface area contributed by atoms with Crippen molar-refractivity contribution < 1.29 is 9.47 Å². The van der Waals surface area contributed by atoms with Crippen molar-refractivity contribution in [1.29, 1.82) is 0 Å². The van der Waals surface area contributed by atoms with Crippen LogP contribution in [0.2, 0.25) is 0 Å². The molecular weight excluding hydrogens is 244 g/mol. The summed E-state index contributed by atoms with van der Waals surface area (Å²) in [5.41, 5.74) is 3.32. The fourth-order valence-corrected chi connectivity index (χ4v) is 1.61. The van der Waals surface area contributed by atoms with Crippen LogP contribution in [0, 0.1) is 0 Å². The van der Waals surface area contributed by atoms with Crippen LogP contribution >= 0.6 is 0 Å². The number of hydrazine groups is 1. The highest BCUT2D eigenvalue weighted by molar-refractivity contribution is 5.62. The van der Waals surface area contributed by atoms with Crippen molar-refractivity contribution in [1.82, 2.24) is 4.98 Å². The summed E-state index contributed by atoms with van der Waals surface area (Å²) in [5, 5.41) is 3.16. The predicted molar refractivity (Wildman–Crippen MR) is 74.9 cm³/mol. The molecule has 0 bridgehead atoms. The maximum absolute atomic E-state index is 5.32. The molecule has 4 N–H and O–H groups in total. The van der Waals surface area contributed by atoms with Crippen molar-refractivity contribution in [2.45, 2.75) is 0 Å². The topological polar surface area (TPSA) is 81.4 Å². The second kappa shape index (κ2) is 5.92. The molecule has 6 heteroatoms. The first kappa shape index (κ1) is 13.0. The third kappa shape index (κ3) is 3.26. The van der Waals surface area contributed by atoms with Crippen LogP contribution in [0.1, 0.15) is 0 Å². The monoisotopic (exact) mass is 260 g/mol. The summed E-state index contributed by atoms with van der Waals surface area (Å²) in [5.74, 6) is 7.99. The normalized spacial score (nSPS) is 9.84. The average molecular weight is 260 g/mol. The molecule has 2 rings (SSSR count). The molecule has 1 aromatic carbocycles. The molecule has 100 valence electrons. The number of nitrogens with zero attached hydrogens (tertiary/aromatic N) is 1. The molecular formula is C13H16N4O2. The van der Waals surface area contributed by atoms with Crippen molar-refractivity contribution in [2.24, 2.45) is 5.84 Å². The maximum atomic E-state index is 5.32. The van der Waals surface area contributed by atoms with Gasteiger partial charge in [-0.25, -0.2) is 10.8 Å². The largest absolute Gasteiger partial charge is 0.497 e. The molecule has 0 aliphatic heterocycles. The number of pyridine rings is 1. The number of nitrogens with two attached hydrogens (primary N) is 1. The third-order valence-corrected chi connectivity index (χ3v) is 2.52. The van der Waals surface area contributed by atoms with E-state index in [4.69, 9.17) is 15.3 Å². The lowest BCUT2D eigenvalue weighted by atomic mass is 10.2. The van der Waals surface area contributed by atoms with Crippen LogP contribution in [-0.2, 0) is 0 Å². The summed E-state index contributed by atoms with van der Waals surface area (Å²) in [4.78, 5) is 4.27. The van der Waals surface area contributed by atoms with Crippen LogP contribution < -0.4 is 26.1 Å². The van der Waals surface area contributed by atoms with Crippen LogP contribution in [-0.4, -0.2) is 19.2 Å². The van der Waals surface area contributed by atoms with E-state index in [2.05, 4.69) is 15.7 Å². The number of nitrogen functional groups attached to an aromatic ring is 1. The van der Waals surface area contributed by atoms with E-state index in [0.29, 0.717) is 23.1 Å².